The second-order valence-electron chi connectivity index (χ2n) is 8.05. The maximum absolute atomic E-state index is 12.6. The molecule has 4 heterocycles. The molecule has 28 heavy (non-hydrogen) atoms. The van der Waals surface area contributed by atoms with Gasteiger partial charge in [0.15, 0.2) is 0 Å². The number of aromatic nitrogens is 4. The molecule has 3 aliphatic rings. The van der Waals surface area contributed by atoms with E-state index in [1.807, 2.05) is 0 Å². The summed E-state index contributed by atoms with van der Waals surface area (Å²) in [5, 5.41) is 6.63. The van der Waals surface area contributed by atoms with E-state index in [9.17, 15) is 13.2 Å². The first-order valence-electron chi connectivity index (χ1n) is 9.64. The average molecular weight is 394 g/mol. The molecule has 2 aromatic heterocycles. The molecule has 1 aliphatic carbocycles. The molecule has 7 nitrogen and oxygen atoms in total. The molecule has 0 bridgehead atoms. The van der Waals surface area contributed by atoms with Crippen molar-refractivity contribution in [3.63, 3.8) is 0 Å². The Labute approximate surface area is 160 Å². The van der Waals surface area contributed by atoms with Gasteiger partial charge in [-0.05, 0) is 24.7 Å². The molecule has 0 spiro atoms. The molecule has 150 valence electrons. The molecule has 0 amide bonds. The Balaban J connectivity index is 1.19. The van der Waals surface area contributed by atoms with Crippen molar-refractivity contribution in [2.45, 2.75) is 37.9 Å². The predicted molar refractivity (Wildman–Crippen MR) is 92.4 cm³/mol. The lowest BCUT2D eigenvalue weighted by atomic mass is 9.83. The van der Waals surface area contributed by atoms with E-state index in [4.69, 9.17) is 4.42 Å². The molecule has 3 fully saturated rings. The molecule has 5 rings (SSSR count). The summed E-state index contributed by atoms with van der Waals surface area (Å²) in [4.78, 5) is 13.3. The highest BCUT2D eigenvalue weighted by atomic mass is 19.4. The van der Waals surface area contributed by atoms with Crippen LogP contribution in [0.15, 0.2) is 16.8 Å². The minimum Gasteiger partial charge on any atom is -0.416 e. The Hall–Kier alpha value is -2.23. The van der Waals surface area contributed by atoms with Crippen molar-refractivity contribution in [3.05, 3.63) is 29.9 Å². The van der Waals surface area contributed by atoms with Gasteiger partial charge in [0.2, 0.25) is 5.89 Å². The largest absolute Gasteiger partial charge is 0.470 e. The number of rotatable bonds is 4. The van der Waals surface area contributed by atoms with Gasteiger partial charge in [-0.25, -0.2) is 9.97 Å². The Kier molecular flexibility index (Phi) is 4.26. The van der Waals surface area contributed by atoms with E-state index < -0.39 is 12.1 Å². The second kappa shape index (κ2) is 6.68. The van der Waals surface area contributed by atoms with Crippen molar-refractivity contribution in [2.24, 2.45) is 11.8 Å². The molecule has 2 unspecified atom stereocenters. The molecule has 2 aromatic rings. The van der Waals surface area contributed by atoms with Crippen molar-refractivity contribution in [2.75, 3.05) is 31.1 Å². The highest BCUT2D eigenvalue weighted by molar-refractivity contribution is 5.42. The van der Waals surface area contributed by atoms with Gasteiger partial charge in [0.25, 0.3) is 0 Å². The van der Waals surface area contributed by atoms with Gasteiger partial charge in [-0.15, -0.1) is 10.2 Å². The van der Waals surface area contributed by atoms with Gasteiger partial charge in [0, 0.05) is 43.9 Å². The Bertz CT molecular complexity index is 838. The number of halogens is 3. The molecule has 10 heteroatoms. The summed E-state index contributed by atoms with van der Waals surface area (Å²) < 4.78 is 42.5. The normalized spacial score (nSPS) is 25.9. The maximum atomic E-state index is 12.6. The minimum absolute atomic E-state index is 0.0186. The number of fused-ring (bicyclic) bond motifs is 1. The van der Waals surface area contributed by atoms with Crippen LogP contribution in [0.3, 0.4) is 0 Å². The SMILES string of the molecule is FC(F)(F)c1nnc(CN2CC3CN(c4cc(C5CCC5)ncn4)CC3C2)o1. The van der Waals surface area contributed by atoms with Crippen LogP contribution in [0, 0.1) is 11.8 Å². The predicted octanol–water partition coefficient (Wildman–Crippen LogP) is 2.71. The van der Waals surface area contributed by atoms with Crippen molar-refractivity contribution in [1.29, 1.82) is 0 Å². The molecular weight excluding hydrogens is 373 g/mol. The number of alkyl halides is 3. The number of hydrogen-bond acceptors (Lipinski definition) is 7. The van der Waals surface area contributed by atoms with Crippen molar-refractivity contribution >= 4 is 5.82 Å². The van der Waals surface area contributed by atoms with Crippen LogP contribution in [0.5, 0.6) is 0 Å². The summed E-state index contributed by atoms with van der Waals surface area (Å²) in [6, 6.07) is 2.12. The Morgan fingerprint density at radius 2 is 1.79 bits per heavy atom. The zero-order valence-electron chi connectivity index (χ0n) is 15.3. The zero-order valence-corrected chi connectivity index (χ0v) is 15.3. The smallest absolute Gasteiger partial charge is 0.416 e. The molecule has 2 aliphatic heterocycles. The Morgan fingerprint density at radius 3 is 2.39 bits per heavy atom. The van der Waals surface area contributed by atoms with E-state index in [0.29, 0.717) is 17.8 Å². The molecule has 2 atom stereocenters. The fourth-order valence-corrected chi connectivity index (χ4v) is 4.49. The molecule has 0 N–H and O–H groups in total. The van der Waals surface area contributed by atoms with Gasteiger partial charge >= 0.3 is 12.1 Å². The van der Waals surface area contributed by atoms with E-state index in [2.05, 4.69) is 36.0 Å². The maximum Gasteiger partial charge on any atom is 0.470 e. The number of anilines is 1. The standard InChI is InChI=1S/C18H21F3N6O/c19-18(20,21)17-25-24-16(28-17)9-26-5-12-7-27(8-13(12)6-26)15-4-14(22-10-23-15)11-2-1-3-11/h4,10-13H,1-3,5-9H2. The van der Waals surface area contributed by atoms with E-state index in [-0.39, 0.29) is 12.4 Å². The summed E-state index contributed by atoms with van der Waals surface area (Å²) in [5.74, 6) is 1.24. The summed E-state index contributed by atoms with van der Waals surface area (Å²) in [6.45, 7) is 3.69. The van der Waals surface area contributed by atoms with Gasteiger partial charge in [-0.1, -0.05) is 6.42 Å². The van der Waals surface area contributed by atoms with Crippen LogP contribution in [-0.4, -0.2) is 51.2 Å². The minimum atomic E-state index is -4.59. The summed E-state index contributed by atoms with van der Waals surface area (Å²) in [7, 11) is 0. The molecule has 0 radical (unpaired) electrons. The van der Waals surface area contributed by atoms with Crippen LogP contribution in [0.25, 0.3) is 0 Å². The van der Waals surface area contributed by atoms with Crippen LogP contribution in [-0.2, 0) is 12.7 Å². The highest BCUT2D eigenvalue weighted by Crippen LogP contribution is 2.38. The zero-order chi connectivity index (χ0) is 19.3. The van der Waals surface area contributed by atoms with Gasteiger partial charge in [0.05, 0.1) is 6.54 Å². The summed E-state index contributed by atoms with van der Waals surface area (Å²) >= 11 is 0. The van der Waals surface area contributed by atoms with E-state index >= 15 is 0 Å². The highest BCUT2D eigenvalue weighted by Gasteiger charge is 2.42. The fraction of sp³-hybridized carbons (Fsp3) is 0.667. The third-order valence-corrected chi connectivity index (χ3v) is 6.15. The van der Waals surface area contributed by atoms with Crippen LogP contribution < -0.4 is 4.90 Å². The first-order chi connectivity index (χ1) is 13.5. The lowest BCUT2D eigenvalue weighted by Crippen LogP contribution is -2.29. The first kappa shape index (κ1) is 17.8. The van der Waals surface area contributed by atoms with E-state index in [1.165, 1.54) is 19.3 Å². The van der Waals surface area contributed by atoms with Gasteiger partial charge < -0.3 is 9.32 Å². The summed E-state index contributed by atoms with van der Waals surface area (Å²) in [5.41, 5.74) is 1.15. The molecule has 0 aromatic carbocycles. The number of likely N-dealkylation sites (tertiary alicyclic amines) is 1. The quantitative estimate of drug-likeness (QED) is 0.790. The number of hydrogen-bond donors (Lipinski definition) is 0. The van der Waals surface area contributed by atoms with E-state index in [0.717, 1.165) is 37.7 Å². The lowest BCUT2D eigenvalue weighted by Gasteiger charge is -2.26. The molecule has 1 saturated carbocycles. The Morgan fingerprint density at radius 1 is 1.04 bits per heavy atom. The molecular formula is C18H21F3N6O. The summed E-state index contributed by atoms with van der Waals surface area (Å²) in [6.07, 6.45) is 0.767. The van der Waals surface area contributed by atoms with Crippen LogP contribution in [0.2, 0.25) is 0 Å². The van der Waals surface area contributed by atoms with Crippen LogP contribution in [0.4, 0.5) is 19.0 Å². The fourth-order valence-electron chi connectivity index (χ4n) is 4.49. The van der Waals surface area contributed by atoms with Gasteiger partial charge in [-0.2, -0.15) is 13.2 Å². The van der Waals surface area contributed by atoms with Crippen LogP contribution in [0.1, 0.15) is 42.7 Å². The van der Waals surface area contributed by atoms with Crippen molar-refractivity contribution in [1.82, 2.24) is 25.1 Å². The van der Waals surface area contributed by atoms with E-state index in [1.54, 1.807) is 6.33 Å². The topological polar surface area (TPSA) is 71.2 Å². The van der Waals surface area contributed by atoms with Gasteiger partial charge in [0.1, 0.15) is 12.1 Å². The second-order valence-corrected chi connectivity index (χ2v) is 8.05. The van der Waals surface area contributed by atoms with Crippen LogP contribution >= 0.6 is 0 Å². The third-order valence-electron chi connectivity index (χ3n) is 6.15. The van der Waals surface area contributed by atoms with Crippen molar-refractivity contribution < 1.29 is 17.6 Å². The van der Waals surface area contributed by atoms with Crippen molar-refractivity contribution in [3.8, 4) is 0 Å². The molecule has 2 saturated heterocycles. The van der Waals surface area contributed by atoms with Gasteiger partial charge in [-0.3, -0.25) is 4.90 Å². The lowest BCUT2D eigenvalue weighted by molar-refractivity contribution is -0.157. The first-order valence-corrected chi connectivity index (χ1v) is 9.64. The average Bonchev–Trinajstić information content (AvgIpc) is 3.28. The number of nitrogens with zero attached hydrogens (tertiary/aromatic N) is 6. The third kappa shape index (κ3) is 3.34. The monoisotopic (exact) mass is 394 g/mol.